The number of fused-ring (bicyclic) bond motifs is 2. The topological polar surface area (TPSA) is 34.8 Å². The molecule has 0 bridgehead atoms. The molecule has 2 heterocycles. The van der Waals surface area contributed by atoms with Crippen LogP contribution >= 0.6 is 0 Å². The molecule has 0 amide bonds. The molecule has 4 aromatic rings. The Morgan fingerprint density at radius 1 is 0.964 bits per heavy atom. The molecule has 4 heteroatoms. The number of para-hydroxylation sites is 2. The lowest BCUT2D eigenvalue weighted by molar-refractivity contribution is -0.634. The maximum absolute atomic E-state index is 6.38. The van der Waals surface area contributed by atoms with Gasteiger partial charge in [0.05, 0.1) is 7.05 Å². The third-order valence-electron chi connectivity index (χ3n) is 5.32. The van der Waals surface area contributed by atoms with Crippen LogP contribution in [0.25, 0.3) is 33.5 Å². The number of aromatic nitrogens is 3. The molecule has 0 saturated carbocycles. The predicted octanol–water partition coefficient (Wildman–Crippen LogP) is 5.63. The van der Waals surface area contributed by atoms with Crippen LogP contribution < -0.4 is 4.57 Å². The Morgan fingerprint density at radius 3 is 2.29 bits per heavy atom. The van der Waals surface area contributed by atoms with Gasteiger partial charge in [-0.1, -0.05) is 39.0 Å². The lowest BCUT2D eigenvalue weighted by atomic mass is 9.97. The second-order valence-corrected chi connectivity index (χ2v) is 9.75. The highest BCUT2D eigenvalue weighted by Gasteiger charge is 2.35. The summed E-state index contributed by atoms with van der Waals surface area (Å²) in [4.78, 5) is 4.80. The van der Waals surface area contributed by atoms with Crippen molar-refractivity contribution in [2.75, 3.05) is 0 Å². The average molecular weight is 377 g/mol. The fraction of sp³-hybridized carbons (Fsp3) is 0.417. The van der Waals surface area contributed by atoms with Gasteiger partial charge in [0.2, 0.25) is 5.89 Å². The molecule has 0 aliphatic rings. The van der Waals surface area contributed by atoms with Crippen LogP contribution in [0.1, 0.15) is 53.0 Å². The van der Waals surface area contributed by atoms with Crippen LogP contribution in [0.3, 0.4) is 0 Å². The molecule has 0 saturated heterocycles. The molecule has 0 radical (unpaired) electrons. The highest BCUT2D eigenvalue weighted by atomic mass is 16.3. The van der Waals surface area contributed by atoms with Crippen molar-refractivity contribution in [3.8, 4) is 11.4 Å². The van der Waals surface area contributed by atoms with Crippen LogP contribution in [-0.2, 0) is 18.0 Å². The maximum atomic E-state index is 6.38. The predicted molar refractivity (Wildman–Crippen MR) is 115 cm³/mol. The normalized spacial score (nSPS) is 13.0. The van der Waals surface area contributed by atoms with Crippen LogP contribution in [0.5, 0.6) is 0 Å². The summed E-state index contributed by atoms with van der Waals surface area (Å²) < 4.78 is 11.1. The van der Waals surface area contributed by atoms with Gasteiger partial charge >= 0.3 is 0 Å². The zero-order valence-corrected chi connectivity index (χ0v) is 18.2. The number of hydrogen-bond donors (Lipinski definition) is 0. The van der Waals surface area contributed by atoms with Crippen molar-refractivity contribution < 1.29 is 8.98 Å². The molecule has 2 aromatic heterocycles. The molecule has 0 N–H and O–H groups in total. The highest BCUT2D eigenvalue weighted by molar-refractivity contribution is 5.91. The summed E-state index contributed by atoms with van der Waals surface area (Å²) in [6, 6.07) is 12.8. The van der Waals surface area contributed by atoms with Crippen LogP contribution in [-0.4, -0.2) is 9.55 Å². The van der Waals surface area contributed by atoms with E-state index >= 15 is 0 Å². The summed E-state index contributed by atoms with van der Waals surface area (Å²) in [5.41, 5.74) is 6.30. The van der Waals surface area contributed by atoms with E-state index in [1.807, 2.05) is 0 Å². The summed E-state index contributed by atoms with van der Waals surface area (Å²) in [6.07, 6.45) is 0. The Morgan fingerprint density at radius 2 is 1.64 bits per heavy atom. The lowest BCUT2D eigenvalue weighted by Gasteiger charge is -2.19. The van der Waals surface area contributed by atoms with Crippen molar-refractivity contribution in [1.82, 2.24) is 9.55 Å². The number of imidazole rings is 1. The first-order valence-corrected chi connectivity index (χ1v) is 9.91. The van der Waals surface area contributed by atoms with Gasteiger partial charge in [-0.05, 0) is 51.5 Å². The molecule has 4 rings (SSSR count). The third kappa shape index (κ3) is 2.74. The van der Waals surface area contributed by atoms with Crippen molar-refractivity contribution in [3.05, 3.63) is 47.9 Å². The van der Waals surface area contributed by atoms with Gasteiger partial charge in [0.25, 0.3) is 5.82 Å². The van der Waals surface area contributed by atoms with E-state index in [9.17, 15) is 0 Å². The number of nitrogens with zero attached hydrogens (tertiary/aromatic N) is 3. The van der Waals surface area contributed by atoms with E-state index in [-0.39, 0.29) is 11.0 Å². The molecule has 28 heavy (non-hydrogen) atoms. The minimum atomic E-state index is -0.136. The number of rotatable bonds is 1. The minimum Gasteiger partial charge on any atom is -0.439 e. The van der Waals surface area contributed by atoms with E-state index in [4.69, 9.17) is 9.40 Å². The first kappa shape index (κ1) is 18.7. The summed E-state index contributed by atoms with van der Waals surface area (Å²) >= 11 is 0. The quantitative estimate of drug-likeness (QED) is 0.403. The molecule has 0 unspecified atom stereocenters. The number of hydrogen-bond acceptors (Lipinski definition) is 2. The van der Waals surface area contributed by atoms with E-state index < -0.39 is 0 Å². The second kappa shape index (κ2) is 5.94. The average Bonchev–Trinajstić information content (AvgIpc) is 3.14. The van der Waals surface area contributed by atoms with E-state index in [1.54, 1.807) is 0 Å². The van der Waals surface area contributed by atoms with Crippen molar-refractivity contribution in [1.29, 1.82) is 0 Å². The zero-order chi connectivity index (χ0) is 20.4. The van der Waals surface area contributed by atoms with E-state index in [1.165, 1.54) is 16.6 Å². The van der Waals surface area contributed by atoms with Crippen molar-refractivity contribution in [2.24, 2.45) is 7.05 Å². The maximum Gasteiger partial charge on any atom is 0.294 e. The fourth-order valence-electron chi connectivity index (χ4n) is 3.96. The van der Waals surface area contributed by atoms with Crippen LogP contribution in [0.2, 0.25) is 0 Å². The van der Waals surface area contributed by atoms with E-state index in [2.05, 4.69) is 101 Å². The SMILES string of the molecule is Cc1ccc2nc(C(C)(C)C)oc2c1-c1n(C(C)(C)C)c2ccccc2[n+]1C. The zero-order valence-electron chi connectivity index (χ0n) is 18.2. The molecule has 0 spiro atoms. The van der Waals surface area contributed by atoms with Crippen LogP contribution in [0, 0.1) is 6.92 Å². The van der Waals surface area contributed by atoms with Crippen molar-refractivity contribution in [3.63, 3.8) is 0 Å². The van der Waals surface area contributed by atoms with E-state index in [0.29, 0.717) is 0 Å². The minimum absolute atomic E-state index is 0.0856. The molecular weight excluding hydrogens is 346 g/mol. The molecule has 0 atom stereocenters. The third-order valence-corrected chi connectivity index (χ3v) is 5.32. The number of aryl methyl sites for hydroxylation is 2. The molecule has 146 valence electrons. The number of benzene rings is 2. The smallest absolute Gasteiger partial charge is 0.294 e. The standard InChI is InChI=1S/C24H30N3O/c1-15-13-14-16-20(28-22(25-16)23(2,3)4)19(15)21-26(8)17-11-9-10-12-18(17)27(21)24(5,6)7/h9-14H,1-8H3/q+1. The van der Waals surface area contributed by atoms with Crippen molar-refractivity contribution in [2.45, 2.75) is 59.4 Å². The summed E-state index contributed by atoms with van der Waals surface area (Å²) in [5.74, 6) is 1.92. The second-order valence-electron chi connectivity index (χ2n) is 9.75. The Balaban J connectivity index is 2.17. The Hall–Kier alpha value is -2.62. The van der Waals surface area contributed by atoms with Crippen LogP contribution in [0.4, 0.5) is 0 Å². The lowest BCUT2D eigenvalue weighted by Crippen LogP contribution is -2.33. The monoisotopic (exact) mass is 376 g/mol. The Labute approximate surface area is 166 Å². The van der Waals surface area contributed by atoms with Gasteiger partial charge in [-0.3, -0.25) is 0 Å². The fourth-order valence-corrected chi connectivity index (χ4v) is 3.96. The molecule has 0 aliphatic carbocycles. The van der Waals surface area contributed by atoms with Gasteiger partial charge in [-0.25, -0.2) is 14.1 Å². The largest absolute Gasteiger partial charge is 0.439 e. The molecule has 4 nitrogen and oxygen atoms in total. The summed E-state index contributed by atoms with van der Waals surface area (Å²) in [6.45, 7) is 15.3. The van der Waals surface area contributed by atoms with Crippen LogP contribution in [0.15, 0.2) is 40.8 Å². The van der Waals surface area contributed by atoms with Gasteiger partial charge in [-0.15, -0.1) is 0 Å². The van der Waals surface area contributed by atoms with Gasteiger partial charge < -0.3 is 4.42 Å². The first-order valence-electron chi connectivity index (χ1n) is 9.91. The molecular formula is C24H30N3O+. The van der Waals surface area contributed by atoms with Gasteiger partial charge in [-0.2, -0.15) is 0 Å². The molecule has 0 fully saturated rings. The van der Waals surface area contributed by atoms with Gasteiger partial charge in [0, 0.05) is 5.41 Å². The first-order chi connectivity index (χ1) is 13.0. The Bertz CT molecular complexity index is 1200. The Kier molecular flexibility index (Phi) is 3.97. The summed E-state index contributed by atoms with van der Waals surface area (Å²) in [7, 11) is 2.14. The van der Waals surface area contributed by atoms with E-state index in [0.717, 1.165) is 28.4 Å². The van der Waals surface area contributed by atoms with Crippen molar-refractivity contribution >= 4 is 22.1 Å². The highest BCUT2D eigenvalue weighted by Crippen LogP contribution is 2.37. The molecule has 0 aliphatic heterocycles. The number of oxazole rings is 1. The molecule has 2 aromatic carbocycles. The summed E-state index contributed by atoms with van der Waals surface area (Å²) in [5, 5.41) is 0. The van der Waals surface area contributed by atoms with Gasteiger partial charge in [0.15, 0.2) is 16.6 Å². The van der Waals surface area contributed by atoms with Gasteiger partial charge in [0.1, 0.15) is 16.6 Å².